The van der Waals surface area contributed by atoms with Crippen LogP contribution in [0.15, 0.2) is 11.4 Å². The minimum Gasteiger partial charge on any atom is -0.374 e. The van der Waals surface area contributed by atoms with Gasteiger partial charge in [-0.1, -0.05) is 0 Å². The van der Waals surface area contributed by atoms with Crippen LogP contribution in [0.3, 0.4) is 0 Å². The van der Waals surface area contributed by atoms with E-state index < -0.39 is 5.91 Å². The number of carbonyl (C=O) groups excluding carboxylic acids is 2. The maximum atomic E-state index is 12.6. The van der Waals surface area contributed by atoms with Gasteiger partial charge in [-0.3, -0.25) is 9.59 Å². The van der Waals surface area contributed by atoms with Crippen LogP contribution >= 0.6 is 11.3 Å². The van der Waals surface area contributed by atoms with Gasteiger partial charge < -0.3 is 20.3 Å². The molecule has 0 bridgehead atoms. The fourth-order valence-corrected chi connectivity index (χ4v) is 3.26. The first-order valence-corrected chi connectivity index (χ1v) is 7.77. The summed E-state index contributed by atoms with van der Waals surface area (Å²) in [7, 11) is 2.01. The summed E-state index contributed by atoms with van der Waals surface area (Å²) < 4.78 is 5.67. The largest absolute Gasteiger partial charge is 0.374 e. The lowest BCUT2D eigenvalue weighted by molar-refractivity contribution is -0.119. The van der Waals surface area contributed by atoms with E-state index in [4.69, 9.17) is 10.5 Å². The van der Waals surface area contributed by atoms with Crippen molar-refractivity contribution < 1.29 is 14.3 Å². The van der Waals surface area contributed by atoms with Gasteiger partial charge >= 0.3 is 0 Å². The van der Waals surface area contributed by atoms with Crippen molar-refractivity contribution in [1.82, 2.24) is 9.80 Å². The Labute approximate surface area is 128 Å². The van der Waals surface area contributed by atoms with Gasteiger partial charge in [-0.15, -0.1) is 11.3 Å². The molecule has 7 heteroatoms. The molecule has 0 radical (unpaired) electrons. The van der Waals surface area contributed by atoms with Crippen molar-refractivity contribution in [3.8, 4) is 0 Å². The molecule has 2 N–H and O–H groups in total. The van der Waals surface area contributed by atoms with Crippen molar-refractivity contribution in [2.75, 3.05) is 39.8 Å². The summed E-state index contributed by atoms with van der Waals surface area (Å²) in [4.78, 5) is 28.1. The van der Waals surface area contributed by atoms with Gasteiger partial charge in [0, 0.05) is 19.6 Å². The Morgan fingerprint density at radius 2 is 2.33 bits per heavy atom. The second-order valence-corrected chi connectivity index (χ2v) is 6.26. The smallest absolute Gasteiger partial charge is 0.264 e. The number of hydrogen-bond donors (Lipinski definition) is 1. The Balaban J connectivity index is 2.08. The summed E-state index contributed by atoms with van der Waals surface area (Å²) in [6.07, 6.45) is -0.0904. The standard InChI is InChI=1S/C14H21N3O3S/c1-10-3-6-21-13(10)14(19)17(9-12(15)18)8-11-7-16(2)4-5-20-11/h3,6,11H,4-5,7-9H2,1-2H3,(H2,15,18)/t11-/m0/s1. The van der Waals surface area contributed by atoms with E-state index >= 15 is 0 Å². The highest BCUT2D eigenvalue weighted by atomic mass is 32.1. The van der Waals surface area contributed by atoms with Gasteiger partial charge in [-0.2, -0.15) is 0 Å². The number of morpholine rings is 1. The van der Waals surface area contributed by atoms with E-state index in [2.05, 4.69) is 4.90 Å². The Morgan fingerprint density at radius 3 is 2.90 bits per heavy atom. The summed E-state index contributed by atoms with van der Waals surface area (Å²) >= 11 is 1.38. The lowest BCUT2D eigenvalue weighted by Crippen LogP contribution is -2.49. The molecular weight excluding hydrogens is 290 g/mol. The number of nitrogens with zero attached hydrogens (tertiary/aromatic N) is 2. The SMILES string of the molecule is Cc1ccsc1C(=O)N(CC(N)=O)C[C@@H]1CN(C)CCO1. The van der Waals surface area contributed by atoms with Crippen LogP contribution in [0.4, 0.5) is 0 Å². The molecule has 21 heavy (non-hydrogen) atoms. The van der Waals surface area contributed by atoms with Gasteiger partial charge in [-0.05, 0) is 31.0 Å². The molecule has 1 saturated heterocycles. The first-order valence-electron chi connectivity index (χ1n) is 6.89. The zero-order chi connectivity index (χ0) is 15.4. The number of primary amides is 1. The third kappa shape index (κ3) is 4.26. The molecule has 116 valence electrons. The molecule has 2 heterocycles. The Morgan fingerprint density at radius 1 is 1.57 bits per heavy atom. The molecule has 1 fully saturated rings. The zero-order valence-corrected chi connectivity index (χ0v) is 13.2. The lowest BCUT2D eigenvalue weighted by Gasteiger charge is -2.33. The highest BCUT2D eigenvalue weighted by Crippen LogP contribution is 2.18. The number of hydrogen-bond acceptors (Lipinski definition) is 5. The van der Waals surface area contributed by atoms with Gasteiger partial charge in [-0.25, -0.2) is 0 Å². The monoisotopic (exact) mass is 311 g/mol. The van der Waals surface area contributed by atoms with E-state index in [1.807, 2.05) is 25.4 Å². The number of thiophene rings is 1. The van der Waals surface area contributed by atoms with Crippen LogP contribution in [-0.2, 0) is 9.53 Å². The Hall–Kier alpha value is -1.44. The maximum Gasteiger partial charge on any atom is 0.264 e. The molecular formula is C14H21N3O3S. The molecule has 1 aliphatic heterocycles. The molecule has 0 saturated carbocycles. The normalized spacial score (nSPS) is 19.4. The van der Waals surface area contributed by atoms with Crippen molar-refractivity contribution in [2.45, 2.75) is 13.0 Å². The van der Waals surface area contributed by atoms with E-state index in [1.165, 1.54) is 16.2 Å². The molecule has 1 aliphatic rings. The van der Waals surface area contributed by atoms with Gasteiger partial charge in [0.25, 0.3) is 5.91 Å². The topological polar surface area (TPSA) is 75.9 Å². The predicted octanol–water partition coefficient (Wildman–Crippen LogP) is 0.315. The second-order valence-electron chi connectivity index (χ2n) is 5.34. The number of likely N-dealkylation sites (N-methyl/N-ethyl adjacent to an activating group) is 1. The zero-order valence-electron chi connectivity index (χ0n) is 12.4. The Bertz CT molecular complexity index is 517. The van der Waals surface area contributed by atoms with Gasteiger partial charge in [0.2, 0.25) is 5.91 Å². The fraction of sp³-hybridized carbons (Fsp3) is 0.571. The third-order valence-electron chi connectivity index (χ3n) is 3.46. The van der Waals surface area contributed by atoms with Crippen LogP contribution in [0.5, 0.6) is 0 Å². The first kappa shape index (κ1) is 15.9. The van der Waals surface area contributed by atoms with Crippen molar-refractivity contribution in [2.24, 2.45) is 5.73 Å². The highest BCUT2D eigenvalue weighted by Gasteiger charge is 2.26. The van der Waals surface area contributed by atoms with Crippen molar-refractivity contribution in [1.29, 1.82) is 0 Å². The molecule has 2 amide bonds. The minimum atomic E-state index is -0.512. The quantitative estimate of drug-likeness (QED) is 0.849. The summed E-state index contributed by atoms with van der Waals surface area (Å²) in [5.41, 5.74) is 6.19. The second kappa shape index (κ2) is 7.02. The average Bonchev–Trinajstić information content (AvgIpc) is 2.83. The van der Waals surface area contributed by atoms with Gasteiger partial charge in [0.05, 0.1) is 24.1 Å². The van der Waals surface area contributed by atoms with E-state index in [9.17, 15) is 9.59 Å². The van der Waals surface area contributed by atoms with E-state index in [-0.39, 0.29) is 18.6 Å². The first-order chi connectivity index (χ1) is 9.97. The molecule has 0 spiro atoms. The van der Waals surface area contributed by atoms with Crippen molar-refractivity contribution in [3.05, 3.63) is 21.9 Å². The Kier molecular flexibility index (Phi) is 5.33. The lowest BCUT2D eigenvalue weighted by atomic mass is 10.2. The molecule has 6 nitrogen and oxygen atoms in total. The third-order valence-corrected chi connectivity index (χ3v) is 4.46. The van der Waals surface area contributed by atoms with Crippen LogP contribution in [0.1, 0.15) is 15.2 Å². The molecule has 1 aromatic rings. The van der Waals surface area contributed by atoms with Crippen LogP contribution in [0.25, 0.3) is 0 Å². The number of nitrogens with two attached hydrogens (primary N) is 1. The van der Waals surface area contributed by atoms with Gasteiger partial charge in [0.15, 0.2) is 0 Å². The number of carbonyl (C=O) groups is 2. The summed E-state index contributed by atoms with van der Waals surface area (Å²) in [5.74, 6) is -0.667. The van der Waals surface area contributed by atoms with Crippen LogP contribution in [-0.4, -0.2) is 67.6 Å². The molecule has 1 aromatic heterocycles. The summed E-state index contributed by atoms with van der Waals surface area (Å²) in [6.45, 7) is 4.44. The van der Waals surface area contributed by atoms with Crippen LogP contribution in [0.2, 0.25) is 0 Å². The average molecular weight is 311 g/mol. The highest BCUT2D eigenvalue weighted by molar-refractivity contribution is 7.12. The number of aryl methyl sites for hydroxylation is 1. The molecule has 0 aromatic carbocycles. The van der Waals surface area contributed by atoms with Crippen LogP contribution in [0, 0.1) is 6.92 Å². The molecule has 0 aliphatic carbocycles. The minimum absolute atomic E-state index is 0.0836. The number of amides is 2. The maximum absolute atomic E-state index is 12.6. The van der Waals surface area contributed by atoms with Crippen molar-refractivity contribution >= 4 is 23.2 Å². The van der Waals surface area contributed by atoms with Gasteiger partial charge in [0.1, 0.15) is 0 Å². The number of ether oxygens (including phenoxy) is 1. The fourth-order valence-electron chi connectivity index (χ4n) is 2.37. The predicted molar refractivity (Wildman–Crippen MR) is 81.4 cm³/mol. The van der Waals surface area contributed by atoms with E-state index in [0.717, 1.165) is 18.7 Å². The molecule has 1 atom stereocenters. The van der Waals surface area contributed by atoms with Crippen LogP contribution < -0.4 is 5.73 Å². The molecule has 0 unspecified atom stereocenters. The van der Waals surface area contributed by atoms with E-state index in [1.54, 1.807) is 0 Å². The van der Waals surface area contributed by atoms with E-state index in [0.29, 0.717) is 18.0 Å². The summed E-state index contributed by atoms with van der Waals surface area (Å²) in [6, 6.07) is 1.89. The number of rotatable bonds is 5. The summed E-state index contributed by atoms with van der Waals surface area (Å²) in [5, 5.41) is 1.87. The van der Waals surface area contributed by atoms with Crippen molar-refractivity contribution in [3.63, 3.8) is 0 Å². The molecule has 2 rings (SSSR count).